The summed E-state index contributed by atoms with van der Waals surface area (Å²) >= 11 is 0. The van der Waals surface area contributed by atoms with Crippen molar-refractivity contribution in [2.75, 3.05) is 18.4 Å². The molecule has 1 atom stereocenters. The number of ether oxygens (including phenoxy) is 2. The van der Waals surface area contributed by atoms with E-state index in [9.17, 15) is 14.7 Å². The first-order valence-electron chi connectivity index (χ1n) is 13.1. The van der Waals surface area contributed by atoms with E-state index in [2.05, 4.69) is 5.32 Å². The average Bonchev–Trinajstić information content (AvgIpc) is 2.75. The van der Waals surface area contributed by atoms with Gasteiger partial charge < -0.3 is 19.9 Å². The molecule has 0 aromatic heterocycles. The smallest absolute Gasteiger partial charge is 0.419 e. The molecule has 0 radical (unpaired) electrons. The fourth-order valence-corrected chi connectivity index (χ4v) is 4.26. The average molecular weight is 491 g/mol. The molecule has 2 amide bonds. The number of benzene rings is 1. The van der Waals surface area contributed by atoms with Crippen LogP contribution in [0.2, 0.25) is 0 Å². The first-order chi connectivity index (χ1) is 16.3. The fraction of sp³-hybridized carbons (Fsp3) is 0.714. The zero-order chi connectivity index (χ0) is 26.1. The van der Waals surface area contributed by atoms with Crippen molar-refractivity contribution in [1.82, 2.24) is 4.90 Å². The molecule has 2 rings (SSSR count). The number of amides is 2. The Labute approximate surface area is 211 Å². The predicted molar refractivity (Wildman–Crippen MR) is 139 cm³/mol. The number of carbonyl (C=O) groups is 2. The first kappa shape index (κ1) is 29.0. The number of carbonyl (C=O) groups excluding carboxylic acids is 2. The molecular weight excluding hydrogens is 444 g/mol. The maximum atomic E-state index is 12.7. The minimum Gasteiger partial charge on any atom is -0.443 e. The third-order valence-electron chi connectivity index (χ3n) is 5.97. The van der Waals surface area contributed by atoms with Crippen molar-refractivity contribution in [2.45, 2.75) is 110 Å². The van der Waals surface area contributed by atoms with Gasteiger partial charge in [-0.3, -0.25) is 0 Å². The highest BCUT2D eigenvalue weighted by Gasteiger charge is 2.31. The van der Waals surface area contributed by atoms with E-state index in [1.165, 1.54) is 38.5 Å². The summed E-state index contributed by atoms with van der Waals surface area (Å²) in [5.74, 6) is 0.872. The molecule has 198 valence electrons. The second-order valence-electron chi connectivity index (χ2n) is 11.6. The van der Waals surface area contributed by atoms with Crippen molar-refractivity contribution in [3.8, 4) is 0 Å². The summed E-state index contributed by atoms with van der Waals surface area (Å²) < 4.78 is 10.8. The van der Waals surface area contributed by atoms with Crippen molar-refractivity contribution in [1.29, 1.82) is 0 Å². The number of imide groups is 1. The van der Waals surface area contributed by atoms with E-state index in [-0.39, 0.29) is 13.0 Å². The zero-order valence-corrected chi connectivity index (χ0v) is 22.6. The Morgan fingerprint density at radius 2 is 1.63 bits per heavy atom. The van der Waals surface area contributed by atoms with E-state index in [1.54, 1.807) is 41.5 Å². The van der Waals surface area contributed by atoms with Crippen LogP contribution in [0.3, 0.4) is 0 Å². The molecule has 0 heterocycles. The molecule has 2 N–H and O–H groups in total. The van der Waals surface area contributed by atoms with E-state index in [4.69, 9.17) is 9.47 Å². The quantitative estimate of drug-likeness (QED) is 0.360. The van der Waals surface area contributed by atoms with Gasteiger partial charge in [-0.15, -0.1) is 0 Å². The molecule has 1 fully saturated rings. The van der Waals surface area contributed by atoms with Crippen LogP contribution in [-0.2, 0) is 9.47 Å². The number of nitrogens with zero attached hydrogens (tertiary/aromatic N) is 1. The van der Waals surface area contributed by atoms with Crippen LogP contribution in [0.4, 0.5) is 15.3 Å². The second kappa shape index (κ2) is 13.1. The Bertz CT molecular complexity index is 778. The van der Waals surface area contributed by atoms with Crippen LogP contribution in [0.1, 0.15) is 105 Å². The number of nitrogens with one attached hydrogen (secondary N) is 1. The lowest BCUT2D eigenvalue weighted by Gasteiger charge is -2.29. The normalized spacial score (nSPS) is 15.9. The zero-order valence-electron chi connectivity index (χ0n) is 22.6. The third-order valence-corrected chi connectivity index (χ3v) is 5.97. The molecule has 1 aliphatic rings. The maximum Gasteiger partial charge on any atom is 0.419 e. The summed E-state index contributed by atoms with van der Waals surface area (Å²) in [6, 6.07) is 7.67. The monoisotopic (exact) mass is 490 g/mol. The molecule has 0 aliphatic heterocycles. The van der Waals surface area contributed by atoms with Crippen LogP contribution in [0.5, 0.6) is 0 Å². The highest BCUT2D eigenvalue weighted by molar-refractivity contribution is 5.88. The Morgan fingerprint density at radius 1 is 1.03 bits per heavy atom. The summed E-state index contributed by atoms with van der Waals surface area (Å²) in [5.41, 5.74) is 0.178. The number of rotatable bonds is 9. The lowest BCUT2D eigenvalue weighted by Crippen LogP contribution is -2.44. The van der Waals surface area contributed by atoms with Crippen molar-refractivity contribution in [3.63, 3.8) is 0 Å². The van der Waals surface area contributed by atoms with E-state index in [0.29, 0.717) is 0 Å². The molecule has 0 saturated heterocycles. The van der Waals surface area contributed by atoms with Gasteiger partial charge in [0.1, 0.15) is 11.2 Å². The molecule has 1 aromatic carbocycles. The summed E-state index contributed by atoms with van der Waals surface area (Å²) in [4.78, 5) is 26.2. The summed E-state index contributed by atoms with van der Waals surface area (Å²) in [7, 11) is 0. The van der Waals surface area contributed by atoms with Gasteiger partial charge in [0.05, 0.1) is 6.10 Å². The molecule has 0 spiro atoms. The molecule has 35 heavy (non-hydrogen) atoms. The first-order valence-corrected chi connectivity index (χ1v) is 13.1. The molecule has 1 saturated carbocycles. The molecule has 1 aromatic rings. The second-order valence-corrected chi connectivity index (χ2v) is 11.6. The van der Waals surface area contributed by atoms with Crippen molar-refractivity contribution in [3.05, 3.63) is 29.8 Å². The van der Waals surface area contributed by atoms with Gasteiger partial charge >= 0.3 is 12.2 Å². The summed E-state index contributed by atoms with van der Waals surface area (Å²) in [6.45, 7) is 11.3. The van der Waals surface area contributed by atoms with E-state index in [1.807, 2.05) is 24.3 Å². The Morgan fingerprint density at radius 3 is 2.20 bits per heavy atom. The van der Waals surface area contributed by atoms with E-state index >= 15 is 0 Å². The van der Waals surface area contributed by atoms with Gasteiger partial charge in [0.25, 0.3) is 0 Å². The van der Waals surface area contributed by atoms with Gasteiger partial charge in [0.15, 0.2) is 0 Å². The van der Waals surface area contributed by atoms with Gasteiger partial charge in [-0.1, -0.05) is 44.2 Å². The molecule has 7 heteroatoms. The van der Waals surface area contributed by atoms with Gasteiger partial charge in [0, 0.05) is 18.8 Å². The highest BCUT2D eigenvalue weighted by atomic mass is 16.6. The van der Waals surface area contributed by atoms with E-state index in [0.717, 1.165) is 35.0 Å². The fourth-order valence-electron chi connectivity index (χ4n) is 4.26. The molecule has 1 unspecified atom stereocenters. The molecule has 0 bridgehead atoms. The third kappa shape index (κ3) is 11.3. The van der Waals surface area contributed by atoms with Crippen LogP contribution in [-0.4, -0.2) is 46.5 Å². The van der Waals surface area contributed by atoms with Gasteiger partial charge in [0.2, 0.25) is 0 Å². The maximum absolute atomic E-state index is 12.7. The Hall–Kier alpha value is -2.28. The highest BCUT2D eigenvalue weighted by Crippen LogP contribution is 2.27. The number of hydrogen-bond donors (Lipinski definition) is 2. The Balaban J connectivity index is 1.92. The standard InChI is InChI=1S/C28H46N2O5/c1-27(2,3)34-25(32)30(26(33)35-28(4,5)6)19-17-24(31)22-15-10-16-23(20-22)29-18-11-14-21-12-8-7-9-13-21/h10,15-16,20-21,24,29,31H,7-9,11-14,17-19H2,1-6H3. The molecule has 7 nitrogen and oxygen atoms in total. The minimum atomic E-state index is -0.841. The predicted octanol–water partition coefficient (Wildman–Crippen LogP) is 7.05. The van der Waals surface area contributed by atoms with Crippen molar-refractivity contribution in [2.24, 2.45) is 5.92 Å². The summed E-state index contributed by atoms with van der Waals surface area (Å²) in [5, 5.41) is 14.3. The van der Waals surface area contributed by atoms with Crippen LogP contribution in [0.15, 0.2) is 24.3 Å². The van der Waals surface area contributed by atoms with Gasteiger partial charge in [-0.2, -0.15) is 0 Å². The SMILES string of the molecule is CC(C)(C)OC(=O)N(CCC(O)c1cccc(NCCCC2CCCCC2)c1)C(=O)OC(C)(C)C. The lowest BCUT2D eigenvalue weighted by molar-refractivity contribution is -0.000905. The van der Waals surface area contributed by atoms with Crippen LogP contribution in [0, 0.1) is 5.92 Å². The number of anilines is 1. The lowest BCUT2D eigenvalue weighted by atomic mass is 9.86. The summed E-state index contributed by atoms with van der Waals surface area (Å²) in [6.07, 6.45) is 7.02. The number of hydrogen-bond acceptors (Lipinski definition) is 6. The largest absolute Gasteiger partial charge is 0.443 e. The minimum absolute atomic E-state index is 0.0238. The number of aliphatic hydroxyl groups is 1. The molecular formula is C28H46N2O5. The Kier molecular flexibility index (Phi) is 10.9. The van der Waals surface area contributed by atoms with Gasteiger partial charge in [-0.25, -0.2) is 14.5 Å². The van der Waals surface area contributed by atoms with Crippen molar-refractivity contribution >= 4 is 17.9 Å². The van der Waals surface area contributed by atoms with Crippen LogP contribution in [0.25, 0.3) is 0 Å². The van der Waals surface area contributed by atoms with Crippen molar-refractivity contribution < 1.29 is 24.2 Å². The molecule has 1 aliphatic carbocycles. The van der Waals surface area contributed by atoms with Crippen LogP contribution < -0.4 is 5.32 Å². The van der Waals surface area contributed by atoms with E-state index < -0.39 is 29.5 Å². The topological polar surface area (TPSA) is 88.1 Å². The van der Waals surface area contributed by atoms with Crippen LogP contribution >= 0.6 is 0 Å². The number of aliphatic hydroxyl groups excluding tert-OH is 1. The van der Waals surface area contributed by atoms with Gasteiger partial charge in [-0.05, 0) is 84.4 Å².